The lowest BCUT2D eigenvalue weighted by molar-refractivity contribution is 0.0971. The fourth-order valence-electron chi connectivity index (χ4n) is 2.69. The van der Waals surface area contributed by atoms with Crippen molar-refractivity contribution in [3.63, 3.8) is 0 Å². The molecule has 0 bridgehead atoms. The first-order chi connectivity index (χ1) is 9.79. The molecule has 1 aliphatic rings. The van der Waals surface area contributed by atoms with Crippen molar-refractivity contribution in [2.45, 2.75) is 39.3 Å². The molecule has 0 N–H and O–H groups in total. The zero-order valence-electron chi connectivity index (χ0n) is 11.6. The average Bonchev–Trinajstić information content (AvgIpc) is 2.93. The summed E-state index contributed by atoms with van der Waals surface area (Å²) in [4.78, 5) is 16.0. The Bertz CT molecular complexity index is 631. The third-order valence-electron chi connectivity index (χ3n) is 3.78. The summed E-state index contributed by atoms with van der Waals surface area (Å²) in [7, 11) is 0. The summed E-state index contributed by atoms with van der Waals surface area (Å²) in [5.41, 5.74) is 2.94. The quantitative estimate of drug-likeness (QED) is 0.857. The van der Waals surface area contributed by atoms with Crippen molar-refractivity contribution >= 4 is 5.78 Å². The Morgan fingerprint density at radius 2 is 2.25 bits per heavy atom. The second-order valence-electron chi connectivity index (χ2n) is 5.02. The van der Waals surface area contributed by atoms with Crippen molar-refractivity contribution in [1.29, 1.82) is 0 Å². The van der Waals surface area contributed by atoms with Gasteiger partial charge in [0.25, 0.3) is 0 Å². The molecule has 1 heterocycles. The van der Waals surface area contributed by atoms with Gasteiger partial charge >= 0.3 is 0 Å². The predicted octanol–water partition coefficient (Wildman–Crippen LogP) is 3.00. The highest BCUT2D eigenvalue weighted by molar-refractivity contribution is 5.99. The van der Waals surface area contributed by atoms with E-state index in [0.29, 0.717) is 13.0 Å². The number of hydrogen-bond donors (Lipinski definition) is 0. The average molecular weight is 270 g/mol. The molecule has 0 amide bonds. The molecule has 0 radical (unpaired) electrons. The molecule has 0 fully saturated rings. The molecule has 3 rings (SSSR count). The first-order valence-electron chi connectivity index (χ1n) is 7.06. The molecule has 4 heteroatoms. The van der Waals surface area contributed by atoms with Gasteiger partial charge in [0.05, 0.1) is 18.2 Å². The topological polar surface area (TPSA) is 44.1 Å². The van der Waals surface area contributed by atoms with Gasteiger partial charge in [-0.2, -0.15) is 0 Å². The Morgan fingerprint density at radius 1 is 1.35 bits per heavy atom. The first-order valence-corrected chi connectivity index (χ1v) is 7.06. The zero-order valence-corrected chi connectivity index (χ0v) is 11.6. The van der Waals surface area contributed by atoms with Crippen LogP contribution >= 0.6 is 0 Å². The maximum atomic E-state index is 11.9. The minimum Gasteiger partial charge on any atom is -0.487 e. The van der Waals surface area contributed by atoms with Gasteiger partial charge in [-0.1, -0.05) is 12.1 Å². The van der Waals surface area contributed by atoms with E-state index in [1.54, 1.807) is 0 Å². The van der Waals surface area contributed by atoms with Gasteiger partial charge in [0, 0.05) is 24.1 Å². The number of benzene rings is 1. The van der Waals surface area contributed by atoms with Crippen LogP contribution in [0.25, 0.3) is 0 Å². The van der Waals surface area contributed by atoms with E-state index >= 15 is 0 Å². The lowest BCUT2D eigenvalue weighted by atomic mass is 9.90. The third kappa shape index (κ3) is 2.33. The summed E-state index contributed by atoms with van der Waals surface area (Å²) < 4.78 is 7.98. The van der Waals surface area contributed by atoms with Crippen LogP contribution in [0.2, 0.25) is 0 Å². The van der Waals surface area contributed by atoms with Gasteiger partial charge in [0.2, 0.25) is 0 Å². The van der Waals surface area contributed by atoms with Crippen LogP contribution in [0.5, 0.6) is 5.75 Å². The van der Waals surface area contributed by atoms with Crippen molar-refractivity contribution in [1.82, 2.24) is 9.55 Å². The Balaban J connectivity index is 1.81. The number of fused-ring (bicyclic) bond motifs is 1. The van der Waals surface area contributed by atoms with Crippen LogP contribution in [0.15, 0.2) is 30.7 Å². The number of carbonyl (C=O) groups is 1. The third-order valence-corrected chi connectivity index (χ3v) is 3.78. The molecule has 0 aliphatic heterocycles. The summed E-state index contributed by atoms with van der Waals surface area (Å²) >= 11 is 0. The molecule has 4 nitrogen and oxygen atoms in total. The normalized spacial score (nSPS) is 14.2. The van der Waals surface area contributed by atoms with Crippen LogP contribution in [0.1, 0.15) is 41.4 Å². The zero-order chi connectivity index (χ0) is 13.9. The van der Waals surface area contributed by atoms with Gasteiger partial charge in [0.1, 0.15) is 12.4 Å². The number of aromatic nitrogens is 2. The van der Waals surface area contributed by atoms with Gasteiger partial charge in [-0.25, -0.2) is 4.98 Å². The predicted molar refractivity (Wildman–Crippen MR) is 75.9 cm³/mol. The number of aryl methyl sites for hydroxylation is 1. The molecule has 2 aromatic rings. The number of hydrogen-bond acceptors (Lipinski definition) is 3. The monoisotopic (exact) mass is 270 g/mol. The molecule has 1 aromatic carbocycles. The van der Waals surface area contributed by atoms with Crippen LogP contribution in [0.3, 0.4) is 0 Å². The molecule has 1 aliphatic carbocycles. The van der Waals surface area contributed by atoms with E-state index in [0.717, 1.165) is 42.0 Å². The lowest BCUT2D eigenvalue weighted by Gasteiger charge is -2.18. The van der Waals surface area contributed by atoms with Crippen molar-refractivity contribution < 1.29 is 9.53 Å². The standard InChI is InChI=1S/C16H18N2O2/c1-2-18-11-17-9-12(18)10-20-16-8-4-5-13-14(16)6-3-7-15(13)19/h4-5,8-9,11H,2-3,6-7,10H2,1H3. The molecular formula is C16H18N2O2. The van der Waals surface area contributed by atoms with Crippen LogP contribution in [-0.2, 0) is 19.6 Å². The number of ketones is 1. The maximum absolute atomic E-state index is 11.9. The molecule has 0 unspecified atom stereocenters. The van der Waals surface area contributed by atoms with E-state index in [1.807, 2.05) is 30.7 Å². The van der Waals surface area contributed by atoms with Crippen molar-refractivity contribution in [2.75, 3.05) is 0 Å². The molecule has 0 spiro atoms. The Hall–Kier alpha value is -2.10. The number of nitrogens with zero attached hydrogens (tertiary/aromatic N) is 2. The summed E-state index contributed by atoms with van der Waals surface area (Å²) in [5, 5.41) is 0. The van der Waals surface area contributed by atoms with E-state index in [1.165, 1.54) is 0 Å². The number of imidazole rings is 1. The fraction of sp³-hybridized carbons (Fsp3) is 0.375. The Labute approximate surface area is 118 Å². The molecule has 0 atom stereocenters. The Morgan fingerprint density at radius 3 is 3.10 bits per heavy atom. The van der Waals surface area contributed by atoms with Crippen molar-refractivity contribution in [3.8, 4) is 5.75 Å². The van der Waals surface area contributed by atoms with Gasteiger partial charge < -0.3 is 9.30 Å². The minimum absolute atomic E-state index is 0.232. The van der Waals surface area contributed by atoms with Crippen LogP contribution in [0, 0.1) is 0 Å². The van der Waals surface area contributed by atoms with E-state index in [4.69, 9.17) is 4.74 Å². The lowest BCUT2D eigenvalue weighted by Crippen LogP contribution is -2.13. The van der Waals surface area contributed by atoms with E-state index in [-0.39, 0.29) is 5.78 Å². The number of rotatable bonds is 4. The van der Waals surface area contributed by atoms with Crippen molar-refractivity contribution in [2.24, 2.45) is 0 Å². The van der Waals surface area contributed by atoms with Gasteiger partial charge in [-0.15, -0.1) is 0 Å². The van der Waals surface area contributed by atoms with Gasteiger partial charge in [-0.3, -0.25) is 4.79 Å². The second-order valence-corrected chi connectivity index (χ2v) is 5.02. The highest BCUT2D eigenvalue weighted by atomic mass is 16.5. The molecular weight excluding hydrogens is 252 g/mol. The molecule has 1 aromatic heterocycles. The van der Waals surface area contributed by atoms with Gasteiger partial charge in [-0.05, 0) is 25.8 Å². The van der Waals surface area contributed by atoms with E-state index < -0.39 is 0 Å². The summed E-state index contributed by atoms with van der Waals surface area (Å²) in [5.74, 6) is 1.06. The number of Topliss-reactive ketones (excluding diaryl/α,β-unsaturated/α-hetero) is 1. The van der Waals surface area contributed by atoms with E-state index in [2.05, 4.69) is 16.5 Å². The van der Waals surface area contributed by atoms with Crippen LogP contribution in [0.4, 0.5) is 0 Å². The van der Waals surface area contributed by atoms with Crippen LogP contribution < -0.4 is 4.74 Å². The first kappa shape index (κ1) is 12.9. The van der Waals surface area contributed by atoms with Crippen LogP contribution in [-0.4, -0.2) is 15.3 Å². The molecule has 20 heavy (non-hydrogen) atoms. The summed E-state index contributed by atoms with van der Waals surface area (Å²) in [6.07, 6.45) is 6.12. The smallest absolute Gasteiger partial charge is 0.163 e. The molecule has 104 valence electrons. The molecule has 0 saturated carbocycles. The number of ether oxygens (including phenoxy) is 1. The maximum Gasteiger partial charge on any atom is 0.163 e. The second kappa shape index (κ2) is 5.49. The van der Waals surface area contributed by atoms with Crippen molar-refractivity contribution in [3.05, 3.63) is 47.5 Å². The highest BCUT2D eigenvalue weighted by Gasteiger charge is 2.20. The van der Waals surface area contributed by atoms with Gasteiger partial charge in [0.15, 0.2) is 5.78 Å². The summed E-state index contributed by atoms with van der Waals surface area (Å²) in [6.45, 7) is 3.44. The van der Waals surface area contributed by atoms with E-state index in [9.17, 15) is 4.79 Å². The largest absolute Gasteiger partial charge is 0.487 e. The Kier molecular flexibility index (Phi) is 3.54. The SMILES string of the molecule is CCn1cncc1COc1cccc2c1CCCC2=O. The number of carbonyl (C=O) groups excluding carboxylic acids is 1. The molecule has 0 saturated heterocycles. The summed E-state index contributed by atoms with van der Waals surface area (Å²) in [6, 6.07) is 5.75. The minimum atomic E-state index is 0.232. The highest BCUT2D eigenvalue weighted by Crippen LogP contribution is 2.30. The fourth-order valence-corrected chi connectivity index (χ4v) is 2.69.